The lowest BCUT2D eigenvalue weighted by Crippen LogP contribution is -2.26. The maximum atomic E-state index is 12.0. The second-order valence-electron chi connectivity index (χ2n) is 6.80. The first-order valence-electron chi connectivity index (χ1n) is 9.14. The molecule has 1 saturated heterocycles. The molecule has 1 heterocycles. The van der Waals surface area contributed by atoms with Crippen molar-refractivity contribution >= 4 is 29.2 Å². The Morgan fingerprint density at radius 2 is 1.89 bits per heavy atom. The van der Waals surface area contributed by atoms with Crippen LogP contribution >= 0.6 is 11.6 Å². The van der Waals surface area contributed by atoms with Gasteiger partial charge in [-0.25, -0.2) is 0 Å². The quantitative estimate of drug-likeness (QED) is 0.623. The van der Waals surface area contributed by atoms with E-state index < -0.39 is 30.9 Å². The molecule has 2 rings (SSSR count). The van der Waals surface area contributed by atoms with Crippen molar-refractivity contribution in [2.45, 2.75) is 51.6 Å². The molecule has 1 aliphatic heterocycles. The van der Waals surface area contributed by atoms with Gasteiger partial charge in [0.15, 0.2) is 0 Å². The number of benzene rings is 1. The summed E-state index contributed by atoms with van der Waals surface area (Å²) in [6, 6.07) is 4.51. The molecule has 0 aliphatic carbocycles. The number of hydrogen-bond donors (Lipinski definition) is 3. The van der Waals surface area contributed by atoms with Crippen molar-refractivity contribution in [3.63, 3.8) is 0 Å². The summed E-state index contributed by atoms with van der Waals surface area (Å²) in [6.45, 7) is 4.79. The summed E-state index contributed by atoms with van der Waals surface area (Å²) in [7, 11) is 0. The Morgan fingerprint density at radius 1 is 1.25 bits per heavy atom. The van der Waals surface area contributed by atoms with Crippen molar-refractivity contribution in [2.75, 3.05) is 18.4 Å². The first-order chi connectivity index (χ1) is 13.1. The fraction of sp³-hybridized carbons (Fsp3) is 0.579. The van der Waals surface area contributed by atoms with Crippen LogP contribution in [0.15, 0.2) is 18.2 Å². The lowest BCUT2D eigenvalue weighted by molar-refractivity contribution is -0.142. The number of nitrogens with one attached hydrogen (secondary N) is 2. The minimum Gasteiger partial charge on any atom is -0.481 e. The molecule has 0 radical (unpaired) electrons. The summed E-state index contributed by atoms with van der Waals surface area (Å²) in [4.78, 5) is 21.9. The largest absolute Gasteiger partial charge is 0.481 e. The molecule has 1 amide bonds. The molecule has 5 nitrogen and oxygen atoms in total. The highest BCUT2D eigenvalue weighted by atomic mass is 35.5. The molecule has 1 fully saturated rings. The maximum Gasteiger partial charge on any atom is 0.389 e. The molecule has 1 aromatic carbocycles. The van der Waals surface area contributed by atoms with Gasteiger partial charge in [-0.3, -0.25) is 9.59 Å². The zero-order valence-electron chi connectivity index (χ0n) is 15.7. The van der Waals surface area contributed by atoms with Crippen molar-refractivity contribution < 1.29 is 27.9 Å². The molecule has 0 unspecified atom stereocenters. The smallest absolute Gasteiger partial charge is 0.389 e. The number of carbonyl (C=O) groups is 2. The summed E-state index contributed by atoms with van der Waals surface area (Å²) >= 11 is 5.84. The van der Waals surface area contributed by atoms with Crippen LogP contribution < -0.4 is 10.6 Å². The topological polar surface area (TPSA) is 78.4 Å². The first-order valence-corrected chi connectivity index (χ1v) is 9.52. The fourth-order valence-corrected chi connectivity index (χ4v) is 2.67. The van der Waals surface area contributed by atoms with Crippen LogP contribution in [-0.4, -0.2) is 36.2 Å². The van der Waals surface area contributed by atoms with E-state index in [4.69, 9.17) is 16.7 Å². The first kappa shape index (κ1) is 24.2. The van der Waals surface area contributed by atoms with E-state index in [0.29, 0.717) is 5.56 Å². The highest BCUT2D eigenvalue weighted by Crippen LogP contribution is 2.25. The molecule has 9 heteroatoms. The number of halogens is 4. The summed E-state index contributed by atoms with van der Waals surface area (Å²) in [5.41, 5.74) is 0.791. The predicted octanol–water partition coefficient (Wildman–Crippen LogP) is 4.64. The van der Waals surface area contributed by atoms with Crippen LogP contribution in [0.1, 0.15) is 44.6 Å². The van der Waals surface area contributed by atoms with Gasteiger partial charge in [0.2, 0.25) is 5.91 Å². The van der Waals surface area contributed by atoms with Gasteiger partial charge < -0.3 is 15.7 Å². The van der Waals surface area contributed by atoms with E-state index in [1.54, 1.807) is 6.07 Å². The highest BCUT2D eigenvalue weighted by molar-refractivity contribution is 6.33. The third kappa shape index (κ3) is 11.1. The average Bonchev–Trinajstić information content (AvgIpc) is 2.61. The number of piperidine rings is 1. The van der Waals surface area contributed by atoms with Gasteiger partial charge in [-0.1, -0.05) is 24.6 Å². The molecular weight excluding hydrogens is 397 g/mol. The van der Waals surface area contributed by atoms with Crippen LogP contribution in [-0.2, 0) is 16.0 Å². The van der Waals surface area contributed by atoms with E-state index in [9.17, 15) is 22.8 Å². The molecule has 28 heavy (non-hydrogen) atoms. The number of alkyl halides is 3. The Balaban J connectivity index is 0.000000467. The molecule has 0 aromatic heterocycles. The van der Waals surface area contributed by atoms with Crippen LogP contribution in [0.4, 0.5) is 18.9 Å². The van der Waals surface area contributed by atoms with E-state index >= 15 is 0 Å². The summed E-state index contributed by atoms with van der Waals surface area (Å²) in [6.07, 6.45) is -3.42. The van der Waals surface area contributed by atoms with Crippen molar-refractivity contribution in [3.05, 3.63) is 28.8 Å². The van der Waals surface area contributed by atoms with Gasteiger partial charge in [0, 0.05) is 12.8 Å². The predicted molar refractivity (Wildman–Crippen MR) is 103 cm³/mol. The van der Waals surface area contributed by atoms with E-state index in [-0.39, 0.29) is 23.6 Å². The average molecular weight is 423 g/mol. The number of carboxylic acids is 1. The lowest BCUT2D eigenvalue weighted by atomic mass is 10.0. The molecule has 158 valence electrons. The number of rotatable bonds is 6. The third-order valence-corrected chi connectivity index (χ3v) is 4.53. The molecule has 0 bridgehead atoms. The molecule has 0 atom stereocenters. The van der Waals surface area contributed by atoms with Gasteiger partial charge in [-0.15, -0.1) is 0 Å². The fourth-order valence-electron chi connectivity index (χ4n) is 2.51. The summed E-state index contributed by atoms with van der Waals surface area (Å²) in [5.74, 6) is -0.799. The molecular formula is C19H26ClF3N2O3. The van der Waals surface area contributed by atoms with Gasteiger partial charge in [0.1, 0.15) is 0 Å². The minimum atomic E-state index is -4.40. The number of carbonyl (C=O) groups excluding carboxylic acids is 1. The number of aryl methyl sites for hydroxylation is 1. The number of carboxylic acid groups (broad SMARTS) is 1. The number of hydrogen-bond acceptors (Lipinski definition) is 3. The van der Waals surface area contributed by atoms with Gasteiger partial charge in [0.05, 0.1) is 17.1 Å². The summed E-state index contributed by atoms with van der Waals surface area (Å²) < 4.78 is 36.0. The Bertz CT molecular complexity index is 648. The van der Waals surface area contributed by atoms with Crippen molar-refractivity contribution in [2.24, 2.45) is 5.92 Å². The maximum absolute atomic E-state index is 12.0. The van der Waals surface area contributed by atoms with E-state index in [2.05, 4.69) is 17.6 Å². The monoisotopic (exact) mass is 422 g/mol. The van der Waals surface area contributed by atoms with Gasteiger partial charge >= 0.3 is 12.1 Å². The van der Waals surface area contributed by atoms with Crippen LogP contribution in [0.5, 0.6) is 0 Å². The number of amides is 1. The van der Waals surface area contributed by atoms with Crippen LogP contribution in [0.25, 0.3) is 0 Å². The molecule has 0 spiro atoms. The van der Waals surface area contributed by atoms with Gasteiger partial charge in [-0.05, 0) is 56.0 Å². The van der Waals surface area contributed by atoms with E-state index in [0.717, 1.165) is 5.92 Å². The molecule has 1 aliphatic rings. The Labute approximate surface area is 167 Å². The Morgan fingerprint density at radius 3 is 2.39 bits per heavy atom. The van der Waals surface area contributed by atoms with Crippen molar-refractivity contribution in [3.8, 4) is 0 Å². The normalized spacial score (nSPS) is 14.8. The van der Waals surface area contributed by atoms with Crippen molar-refractivity contribution in [1.82, 2.24) is 5.32 Å². The van der Waals surface area contributed by atoms with E-state index in [1.165, 1.54) is 38.1 Å². The molecule has 1 aromatic rings. The zero-order chi connectivity index (χ0) is 21.2. The van der Waals surface area contributed by atoms with Crippen LogP contribution in [0.2, 0.25) is 5.02 Å². The Hall–Kier alpha value is -1.80. The Kier molecular flexibility index (Phi) is 10.3. The molecule has 3 N–H and O–H groups in total. The minimum absolute atomic E-state index is 0.0942. The zero-order valence-corrected chi connectivity index (χ0v) is 16.5. The number of aliphatic carboxylic acids is 1. The second kappa shape index (κ2) is 11.9. The highest BCUT2D eigenvalue weighted by Gasteiger charge is 2.28. The van der Waals surface area contributed by atoms with Crippen molar-refractivity contribution in [1.29, 1.82) is 0 Å². The number of anilines is 1. The van der Waals surface area contributed by atoms with Crippen LogP contribution in [0.3, 0.4) is 0 Å². The third-order valence-electron chi connectivity index (χ3n) is 4.20. The lowest BCUT2D eigenvalue weighted by Gasteiger charge is -2.17. The van der Waals surface area contributed by atoms with Gasteiger partial charge in [0.25, 0.3) is 0 Å². The van der Waals surface area contributed by atoms with Gasteiger partial charge in [-0.2, -0.15) is 13.2 Å². The standard InChI is InChI=1S/C13H13ClF3NO3.C6H13N/c14-9-3-1-8(2-4-12(20)21)7-10(9)18-11(19)5-6-13(15,16)17;1-6-2-4-7-5-3-6/h1,3,7H,2,4-6H2,(H,18,19)(H,20,21);6-7H,2-5H2,1H3. The SMILES string of the molecule is CC1CCNCC1.O=C(O)CCc1ccc(Cl)c(NC(=O)CCC(F)(F)F)c1. The second-order valence-corrected chi connectivity index (χ2v) is 7.21. The molecule has 0 saturated carbocycles. The van der Waals surface area contributed by atoms with Crippen LogP contribution in [0, 0.1) is 5.92 Å². The summed E-state index contributed by atoms with van der Waals surface area (Å²) in [5, 5.41) is 14.4. The van der Waals surface area contributed by atoms with E-state index in [1.807, 2.05) is 0 Å².